The molecule has 2 heterocycles. The molecule has 1 amide bonds. The molecule has 14 nitrogen and oxygen atoms in total. The van der Waals surface area contributed by atoms with Crippen LogP contribution in [0.1, 0.15) is 18.3 Å². The van der Waals surface area contributed by atoms with Crippen LogP contribution in [0.3, 0.4) is 0 Å². The van der Waals surface area contributed by atoms with Crippen LogP contribution in [0.4, 0.5) is 11.6 Å². The average Bonchev–Trinajstić information content (AvgIpc) is 3.10. The van der Waals surface area contributed by atoms with E-state index in [1.807, 2.05) is 0 Å². The topological polar surface area (TPSA) is 176 Å². The number of hydrogen-bond acceptors (Lipinski definition) is 9. The van der Waals surface area contributed by atoms with E-state index in [9.17, 15) is 25.0 Å². The van der Waals surface area contributed by atoms with E-state index in [2.05, 4.69) is 25.7 Å². The van der Waals surface area contributed by atoms with Crippen LogP contribution < -0.4 is 5.43 Å². The smallest absolute Gasteiger partial charge is 0.390 e. The summed E-state index contributed by atoms with van der Waals surface area (Å²) in [6.07, 6.45) is 1.17. The lowest BCUT2D eigenvalue weighted by Crippen LogP contribution is -2.26. The highest BCUT2D eigenvalue weighted by molar-refractivity contribution is 5.84. The van der Waals surface area contributed by atoms with Gasteiger partial charge in [0.2, 0.25) is 6.33 Å². The maximum Gasteiger partial charge on any atom is 0.490 e. The Morgan fingerprint density at radius 1 is 1.23 bits per heavy atom. The number of rotatable bonds is 7. The fourth-order valence-electron chi connectivity index (χ4n) is 2.15. The summed E-state index contributed by atoms with van der Waals surface area (Å²) in [7, 11) is 0. The van der Waals surface area contributed by atoms with Crippen LogP contribution in [0.2, 0.25) is 0 Å². The zero-order valence-electron chi connectivity index (χ0n) is 14.1. The number of hydrazone groups is 1. The van der Waals surface area contributed by atoms with Gasteiger partial charge in [0.25, 0.3) is 5.91 Å². The predicted octanol–water partition coefficient (Wildman–Crippen LogP) is 0.100. The molecule has 0 fully saturated rings. The number of carbonyl (C=O) groups is 1. The van der Waals surface area contributed by atoms with Crippen molar-refractivity contribution in [3.8, 4) is 0 Å². The Morgan fingerprint density at radius 2 is 1.92 bits per heavy atom. The minimum Gasteiger partial charge on any atom is -0.390 e. The monoisotopic (exact) mass is 365 g/mol. The van der Waals surface area contributed by atoms with Gasteiger partial charge in [0.1, 0.15) is 17.9 Å². The van der Waals surface area contributed by atoms with Crippen LogP contribution in [0.5, 0.6) is 0 Å². The number of aryl methyl sites for hydroxylation is 1. The first-order valence-electron chi connectivity index (χ1n) is 7.23. The van der Waals surface area contributed by atoms with E-state index < -0.39 is 21.7 Å². The van der Waals surface area contributed by atoms with Gasteiger partial charge in [-0.2, -0.15) is 14.9 Å². The number of carbonyl (C=O) groups excluding carboxylic acids is 1. The minimum absolute atomic E-state index is 0.0898. The zero-order chi connectivity index (χ0) is 19.4. The van der Waals surface area contributed by atoms with Gasteiger partial charge in [-0.25, -0.2) is 5.43 Å². The van der Waals surface area contributed by atoms with Crippen LogP contribution >= 0.6 is 0 Å². The second-order valence-corrected chi connectivity index (χ2v) is 5.32. The van der Waals surface area contributed by atoms with Gasteiger partial charge in [-0.1, -0.05) is 4.98 Å². The molecular formula is C12H15N9O5. The van der Waals surface area contributed by atoms with Crippen molar-refractivity contribution in [2.75, 3.05) is 0 Å². The highest BCUT2D eigenvalue weighted by atomic mass is 16.6. The number of amides is 1. The number of nitrogens with zero attached hydrogens (tertiary/aromatic N) is 8. The summed E-state index contributed by atoms with van der Waals surface area (Å²) in [5.74, 6) is -1.07. The standard InChI is InChI=1S/C12H15N9O5/c1-7(4-18-6-13-12(17-18)21(25)26)14-15-10(22)5-19-9(3)11(20(23)24)8(2)16-19/h6H,4-5H2,1-3H3,(H,15,22). The second-order valence-electron chi connectivity index (χ2n) is 5.32. The Hall–Kier alpha value is -3.71. The maximum absolute atomic E-state index is 11.9. The largest absolute Gasteiger partial charge is 0.490 e. The Balaban J connectivity index is 1.97. The summed E-state index contributed by atoms with van der Waals surface area (Å²) in [6, 6.07) is 0. The molecule has 0 saturated heterocycles. The molecular weight excluding hydrogens is 350 g/mol. The number of hydrogen-bond donors (Lipinski definition) is 1. The van der Waals surface area contributed by atoms with Gasteiger partial charge in [0.05, 0.1) is 17.2 Å². The quantitative estimate of drug-likeness (QED) is 0.408. The third-order valence-electron chi connectivity index (χ3n) is 3.27. The van der Waals surface area contributed by atoms with Crippen molar-refractivity contribution in [2.24, 2.45) is 5.10 Å². The molecule has 0 aliphatic carbocycles. The van der Waals surface area contributed by atoms with E-state index in [1.165, 1.54) is 29.5 Å². The van der Waals surface area contributed by atoms with Gasteiger partial charge < -0.3 is 10.1 Å². The highest BCUT2D eigenvalue weighted by Gasteiger charge is 2.22. The number of aromatic nitrogens is 5. The van der Waals surface area contributed by atoms with E-state index in [4.69, 9.17) is 0 Å². The molecule has 0 aliphatic heterocycles. The molecule has 0 atom stereocenters. The number of nitro groups is 2. The lowest BCUT2D eigenvalue weighted by atomic mass is 10.3. The molecule has 0 aliphatic rings. The summed E-state index contributed by atoms with van der Waals surface area (Å²) < 4.78 is 2.42. The molecule has 138 valence electrons. The molecule has 0 spiro atoms. The van der Waals surface area contributed by atoms with E-state index in [1.54, 1.807) is 6.92 Å². The van der Waals surface area contributed by atoms with Gasteiger partial charge >= 0.3 is 11.6 Å². The molecule has 2 rings (SSSR count). The van der Waals surface area contributed by atoms with Crippen LogP contribution in [-0.2, 0) is 17.9 Å². The van der Waals surface area contributed by atoms with Crippen LogP contribution in [0.25, 0.3) is 0 Å². The van der Waals surface area contributed by atoms with Crippen molar-refractivity contribution in [3.63, 3.8) is 0 Å². The Labute approximate surface area is 145 Å². The first-order chi connectivity index (χ1) is 12.2. The van der Waals surface area contributed by atoms with E-state index in [0.717, 1.165) is 0 Å². The molecule has 0 aromatic carbocycles. The fraction of sp³-hybridized carbons (Fsp3) is 0.417. The SMILES string of the molecule is CC(Cn1cnc([N+](=O)[O-])n1)=NNC(=O)Cn1nc(C)c([N+](=O)[O-])c1C. The molecule has 0 bridgehead atoms. The lowest BCUT2D eigenvalue weighted by molar-refractivity contribution is -0.394. The molecule has 2 aromatic rings. The Kier molecular flexibility index (Phi) is 5.34. The Morgan fingerprint density at radius 3 is 2.46 bits per heavy atom. The first kappa shape index (κ1) is 18.6. The van der Waals surface area contributed by atoms with Gasteiger partial charge in [-0.3, -0.25) is 19.6 Å². The minimum atomic E-state index is -0.724. The van der Waals surface area contributed by atoms with Gasteiger partial charge in [-0.05, 0) is 25.7 Å². The lowest BCUT2D eigenvalue weighted by Gasteiger charge is -2.03. The molecule has 0 saturated carbocycles. The normalized spacial score (nSPS) is 11.4. The summed E-state index contributed by atoms with van der Waals surface area (Å²) in [6.45, 7) is 4.41. The zero-order valence-corrected chi connectivity index (χ0v) is 14.1. The first-order valence-corrected chi connectivity index (χ1v) is 7.23. The van der Waals surface area contributed by atoms with Gasteiger partial charge in [-0.15, -0.1) is 0 Å². The van der Waals surface area contributed by atoms with E-state index in [0.29, 0.717) is 5.71 Å². The molecule has 26 heavy (non-hydrogen) atoms. The third-order valence-corrected chi connectivity index (χ3v) is 3.27. The van der Waals surface area contributed by atoms with Crippen molar-refractivity contribution < 1.29 is 14.6 Å². The summed E-state index contributed by atoms with van der Waals surface area (Å²) >= 11 is 0. The average molecular weight is 365 g/mol. The van der Waals surface area contributed by atoms with E-state index >= 15 is 0 Å². The van der Waals surface area contributed by atoms with Crippen molar-refractivity contribution in [3.05, 3.63) is 37.9 Å². The second kappa shape index (κ2) is 7.45. The predicted molar refractivity (Wildman–Crippen MR) is 86.3 cm³/mol. The summed E-state index contributed by atoms with van der Waals surface area (Å²) in [5.41, 5.74) is 3.05. The summed E-state index contributed by atoms with van der Waals surface area (Å²) in [5, 5.41) is 32.9. The highest BCUT2D eigenvalue weighted by Crippen LogP contribution is 2.21. The van der Waals surface area contributed by atoms with Gasteiger partial charge in [0.15, 0.2) is 0 Å². The van der Waals surface area contributed by atoms with E-state index in [-0.39, 0.29) is 30.2 Å². The summed E-state index contributed by atoms with van der Waals surface area (Å²) in [4.78, 5) is 35.6. The molecule has 1 N–H and O–H groups in total. The molecule has 14 heteroatoms. The van der Waals surface area contributed by atoms with Crippen LogP contribution in [0, 0.1) is 34.1 Å². The van der Waals surface area contributed by atoms with Gasteiger partial charge in [0, 0.05) is 5.10 Å². The maximum atomic E-state index is 11.9. The van der Waals surface area contributed by atoms with Crippen molar-refractivity contribution >= 4 is 23.3 Å². The fourth-order valence-corrected chi connectivity index (χ4v) is 2.15. The molecule has 2 aromatic heterocycles. The van der Waals surface area contributed by atoms with Crippen molar-refractivity contribution in [1.82, 2.24) is 30.0 Å². The van der Waals surface area contributed by atoms with Crippen LogP contribution in [-0.4, -0.2) is 46.0 Å². The van der Waals surface area contributed by atoms with Crippen molar-refractivity contribution in [1.29, 1.82) is 0 Å². The Bertz CT molecular complexity index is 897. The van der Waals surface area contributed by atoms with Crippen molar-refractivity contribution in [2.45, 2.75) is 33.9 Å². The molecule has 0 unspecified atom stereocenters. The van der Waals surface area contributed by atoms with Crippen LogP contribution in [0.15, 0.2) is 11.4 Å². The third kappa shape index (κ3) is 4.22. The molecule has 0 radical (unpaired) electrons. The number of nitrogens with one attached hydrogen (secondary N) is 1.